The number of para-hydroxylation sites is 1. The Bertz CT molecular complexity index is 1870. The Balaban J connectivity index is 1.49. The van der Waals surface area contributed by atoms with E-state index in [2.05, 4.69) is 11.8 Å². The number of hydrogen-bond acceptors (Lipinski definition) is 7. The quantitative estimate of drug-likeness (QED) is 0.256. The van der Waals surface area contributed by atoms with Crippen molar-refractivity contribution in [1.29, 1.82) is 0 Å². The molecular formula is C30H30N6O3S2. The van der Waals surface area contributed by atoms with Gasteiger partial charge in [-0.2, -0.15) is 0 Å². The molecule has 0 bridgehead atoms. The summed E-state index contributed by atoms with van der Waals surface area (Å²) in [7, 11) is 1.77. The third-order valence-corrected chi connectivity index (χ3v) is 9.26. The molecular weight excluding hydrogens is 557 g/mol. The van der Waals surface area contributed by atoms with Gasteiger partial charge in [0, 0.05) is 25.8 Å². The van der Waals surface area contributed by atoms with Crippen LogP contribution in [0.4, 0.5) is 11.5 Å². The van der Waals surface area contributed by atoms with Gasteiger partial charge in [0.05, 0.1) is 21.8 Å². The number of anilines is 2. The molecule has 1 aromatic carbocycles. The highest BCUT2D eigenvalue weighted by atomic mass is 32.2. The van der Waals surface area contributed by atoms with Crippen molar-refractivity contribution < 1.29 is 4.79 Å². The average Bonchev–Trinajstić information content (AvgIpc) is 3.35. The lowest BCUT2D eigenvalue weighted by Gasteiger charge is -2.35. The van der Waals surface area contributed by atoms with E-state index in [1.54, 1.807) is 30.9 Å². The fourth-order valence-electron chi connectivity index (χ4n) is 5.66. The lowest BCUT2D eigenvalue weighted by molar-refractivity contribution is -0.113. The first-order chi connectivity index (χ1) is 19.7. The minimum Gasteiger partial charge on any atom is -0.353 e. The fraction of sp³-hybridized carbons (Fsp3) is 0.300. The third kappa shape index (κ3) is 4.43. The van der Waals surface area contributed by atoms with Crippen molar-refractivity contribution in [2.75, 3.05) is 16.3 Å². The van der Waals surface area contributed by atoms with Crippen LogP contribution in [0.1, 0.15) is 43.0 Å². The van der Waals surface area contributed by atoms with Crippen molar-refractivity contribution in [3.8, 4) is 5.69 Å². The van der Waals surface area contributed by atoms with E-state index in [0.29, 0.717) is 28.4 Å². The van der Waals surface area contributed by atoms with Crippen molar-refractivity contribution in [1.82, 2.24) is 18.7 Å². The summed E-state index contributed by atoms with van der Waals surface area (Å²) >= 11 is 6.74. The topological polar surface area (TPSA) is 84.8 Å². The van der Waals surface area contributed by atoms with Gasteiger partial charge in [0.15, 0.2) is 4.32 Å². The monoisotopic (exact) mass is 586 g/mol. The van der Waals surface area contributed by atoms with Crippen LogP contribution in [0.3, 0.4) is 0 Å². The fourth-order valence-corrected chi connectivity index (χ4v) is 6.91. The number of carbonyl (C=O) groups is 1. The summed E-state index contributed by atoms with van der Waals surface area (Å²) in [6.07, 6.45) is 6.42. The molecule has 1 atom stereocenters. The molecule has 11 heteroatoms. The Hall–Kier alpha value is -3.96. The number of pyridine rings is 1. The number of hydrogen-bond donors (Lipinski definition) is 0. The molecule has 6 rings (SSSR count). The summed E-state index contributed by atoms with van der Waals surface area (Å²) < 4.78 is 5.00. The molecule has 2 aliphatic heterocycles. The number of carbonyl (C=O) groups excluding carboxylic acids is 1. The number of aromatic nitrogens is 4. The zero-order valence-electron chi connectivity index (χ0n) is 23.3. The number of piperidine rings is 1. The van der Waals surface area contributed by atoms with E-state index in [-0.39, 0.29) is 32.1 Å². The Morgan fingerprint density at radius 3 is 2.51 bits per heavy atom. The molecule has 4 aromatic rings. The van der Waals surface area contributed by atoms with Crippen LogP contribution in [-0.2, 0) is 11.8 Å². The lowest BCUT2D eigenvalue weighted by Crippen LogP contribution is -2.40. The van der Waals surface area contributed by atoms with E-state index in [0.717, 1.165) is 43.1 Å². The minimum atomic E-state index is -0.433. The minimum absolute atomic E-state index is 0.201. The number of rotatable bonds is 4. The van der Waals surface area contributed by atoms with Gasteiger partial charge in [-0.3, -0.25) is 28.4 Å². The summed E-state index contributed by atoms with van der Waals surface area (Å²) in [6, 6.07) is 13.2. The maximum atomic E-state index is 13.9. The van der Waals surface area contributed by atoms with E-state index in [4.69, 9.17) is 17.2 Å². The number of nitrogens with zero attached hydrogens (tertiary/aromatic N) is 6. The van der Waals surface area contributed by atoms with Crippen LogP contribution in [0.15, 0.2) is 63.2 Å². The van der Waals surface area contributed by atoms with Crippen molar-refractivity contribution in [2.45, 2.75) is 46.1 Å². The predicted molar refractivity (Wildman–Crippen MR) is 168 cm³/mol. The molecule has 2 aliphatic rings. The van der Waals surface area contributed by atoms with Crippen molar-refractivity contribution >= 4 is 57.4 Å². The number of fused-ring (bicyclic) bond motifs is 1. The Morgan fingerprint density at radius 1 is 1.02 bits per heavy atom. The highest BCUT2D eigenvalue weighted by molar-refractivity contribution is 8.27. The molecule has 1 unspecified atom stereocenters. The van der Waals surface area contributed by atoms with Crippen molar-refractivity contribution in [3.63, 3.8) is 0 Å². The molecule has 210 valence electrons. The van der Waals surface area contributed by atoms with E-state index in [1.165, 1.54) is 14.0 Å². The number of aryl methyl sites for hydroxylation is 1. The second-order valence-corrected chi connectivity index (χ2v) is 12.2. The number of thiocarbonyl (C=S) groups is 1. The molecule has 0 N–H and O–H groups in total. The van der Waals surface area contributed by atoms with Gasteiger partial charge < -0.3 is 4.90 Å². The van der Waals surface area contributed by atoms with Crippen LogP contribution in [0.5, 0.6) is 0 Å². The summed E-state index contributed by atoms with van der Waals surface area (Å²) in [5, 5.41) is 0. The highest BCUT2D eigenvalue weighted by Gasteiger charge is 2.38. The second kappa shape index (κ2) is 10.5. The smallest absolute Gasteiger partial charge is 0.296 e. The molecule has 3 aromatic heterocycles. The Labute approximate surface area is 246 Å². The molecule has 0 spiro atoms. The molecule has 0 saturated carbocycles. The number of benzene rings is 1. The zero-order chi connectivity index (χ0) is 29.0. The summed E-state index contributed by atoms with van der Waals surface area (Å²) in [4.78, 5) is 50.2. The van der Waals surface area contributed by atoms with Crippen molar-refractivity contribution in [2.24, 2.45) is 7.05 Å². The maximum absolute atomic E-state index is 13.9. The third-order valence-electron chi connectivity index (χ3n) is 7.96. The van der Waals surface area contributed by atoms with E-state index in [1.807, 2.05) is 49.4 Å². The predicted octanol–water partition coefficient (Wildman–Crippen LogP) is 4.59. The summed E-state index contributed by atoms with van der Waals surface area (Å²) in [5.74, 6) is 0.140. The van der Waals surface area contributed by atoms with E-state index >= 15 is 0 Å². The summed E-state index contributed by atoms with van der Waals surface area (Å²) in [6.45, 7) is 6.63. The lowest BCUT2D eigenvalue weighted by atomic mass is 10.0. The van der Waals surface area contributed by atoms with E-state index in [9.17, 15) is 14.4 Å². The van der Waals surface area contributed by atoms with Crippen LogP contribution in [0.2, 0.25) is 0 Å². The normalized spacial score (nSPS) is 18.7. The zero-order valence-corrected chi connectivity index (χ0v) is 25.0. The Kier molecular flexibility index (Phi) is 6.95. The van der Waals surface area contributed by atoms with Gasteiger partial charge in [-0.15, -0.1) is 0 Å². The van der Waals surface area contributed by atoms with Crippen LogP contribution in [0, 0.1) is 13.8 Å². The van der Waals surface area contributed by atoms with Crippen molar-refractivity contribution in [3.05, 3.63) is 91.1 Å². The van der Waals surface area contributed by atoms with Gasteiger partial charge in [-0.25, -0.2) is 9.67 Å². The van der Waals surface area contributed by atoms with Crippen LogP contribution < -0.4 is 20.9 Å². The van der Waals surface area contributed by atoms with Gasteiger partial charge in [0.2, 0.25) is 0 Å². The Morgan fingerprint density at radius 2 is 1.78 bits per heavy atom. The first kappa shape index (κ1) is 27.2. The van der Waals surface area contributed by atoms with Crippen LogP contribution in [-0.4, -0.2) is 41.6 Å². The van der Waals surface area contributed by atoms with Gasteiger partial charge in [-0.1, -0.05) is 48.2 Å². The SMILES string of the molecule is Cc1cccn2c(=O)c(C=C3SC(=S)N(c4c(C)n(C)n(-c5ccccc5)c4=O)C3=O)c(N3CCCCC3C)nc12. The first-order valence-corrected chi connectivity index (χ1v) is 14.8. The second-order valence-electron chi connectivity index (χ2n) is 10.5. The van der Waals surface area contributed by atoms with Crippen LogP contribution >= 0.6 is 24.0 Å². The van der Waals surface area contributed by atoms with E-state index < -0.39 is 5.91 Å². The first-order valence-electron chi connectivity index (χ1n) is 13.6. The van der Waals surface area contributed by atoms with Gasteiger partial charge in [0.1, 0.15) is 17.2 Å². The molecule has 2 fully saturated rings. The molecule has 0 aliphatic carbocycles. The van der Waals surface area contributed by atoms with Gasteiger partial charge in [0.25, 0.3) is 17.0 Å². The summed E-state index contributed by atoms with van der Waals surface area (Å²) in [5.41, 5.74) is 2.71. The highest BCUT2D eigenvalue weighted by Crippen LogP contribution is 2.37. The van der Waals surface area contributed by atoms with Gasteiger partial charge >= 0.3 is 0 Å². The van der Waals surface area contributed by atoms with Gasteiger partial charge in [-0.05, 0) is 69.9 Å². The van der Waals surface area contributed by atoms with Crippen LogP contribution in [0.25, 0.3) is 17.4 Å². The molecule has 0 radical (unpaired) electrons. The molecule has 5 heterocycles. The molecule has 9 nitrogen and oxygen atoms in total. The number of amides is 1. The largest absolute Gasteiger partial charge is 0.353 e. The average molecular weight is 587 g/mol. The molecule has 41 heavy (non-hydrogen) atoms. The number of thioether (sulfide) groups is 1. The molecule has 1 amide bonds. The standard InChI is InChI=1S/C30H30N6O3S2/c1-18-11-10-16-34-25(18)31-26(33-15-9-8-12-19(33)2)22(27(34)37)17-23-28(38)35(30(40)41-23)24-20(3)32(4)36(29(24)39)21-13-6-5-7-14-21/h5-7,10-11,13-14,16-17,19H,8-9,12,15H2,1-4H3. The maximum Gasteiger partial charge on any atom is 0.296 e. The molecule has 2 saturated heterocycles.